The Bertz CT molecular complexity index is 419. The van der Waals surface area contributed by atoms with Gasteiger partial charge in [-0.05, 0) is 24.0 Å². The first-order chi connectivity index (χ1) is 6.81. The van der Waals surface area contributed by atoms with Gasteiger partial charge in [0.1, 0.15) is 6.33 Å². The van der Waals surface area contributed by atoms with Crippen LogP contribution in [0, 0.1) is 0 Å². The summed E-state index contributed by atoms with van der Waals surface area (Å²) in [5.41, 5.74) is 2.25. The largest absolute Gasteiger partial charge is 0.221 e. The lowest BCUT2D eigenvalue weighted by atomic mass is 9.98. The quantitative estimate of drug-likeness (QED) is 0.743. The predicted octanol–water partition coefficient (Wildman–Crippen LogP) is 2.63. The standard InChI is InChI=1S/C11H15N3/c1-3-4-9(2)10-5-6-11-12-8-13-14(11)7-10/h5-9H,3-4H2,1-2H3. The fraction of sp³-hybridized carbons (Fsp3) is 0.455. The summed E-state index contributed by atoms with van der Waals surface area (Å²) in [4.78, 5) is 4.12. The van der Waals surface area contributed by atoms with Crippen LogP contribution < -0.4 is 0 Å². The third-order valence-electron chi connectivity index (χ3n) is 2.59. The number of rotatable bonds is 3. The van der Waals surface area contributed by atoms with Crippen LogP contribution >= 0.6 is 0 Å². The van der Waals surface area contributed by atoms with Gasteiger partial charge in [-0.1, -0.05) is 26.3 Å². The van der Waals surface area contributed by atoms with Crippen LogP contribution in [-0.4, -0.2) is 14.6 Å². The van der Waals surface area contributed by atoms with E-state index >= 15 is 0 Å². The minimum atomic E-state index is 0.605. The maximum absolute atomic E-state index is 4.13. The highest BCUT2D eigenvalue weighted by Gasteiger charge is 2.05. The summed E-state index contributed by atoms with van der Waals surface area (Å²) in [5, 5.41) is 4.13. The normalized spacial score (nSPS) is 13.3. The van der Waals surface area contributed by atoms with E-state index in [4.69, 9.17) is 0 Å². The van der Waals surface area contributed by atoms with Crippen molar-refractivity contribution in [2.75, 3.05) is 0 Å². The SMILES string of the molecule is CCCC(C)c1ccc2ncnn2c1. The molecule has 74 valence electrons. The highest BCUT2D eigenvalue weighted by atomic mass is 15.3. The van der Waals surface area contributed by atoms with E-state index in [1.807, 2.05) is 10.6 Å². The van der Waals surface area contributed by atoms with Crippen LogP contribution in [0.5, 0.6) is 0 Å². The average Bonchev–Trinajstić information content (AvgIpc) is 2.64. The van der Waals surface area contributed by atoms with Crippen LogP contribution in [0.15, 0.2) is 24.7 Å². The zero-order valence-electron chi connectivity index (χ0n) is 8.64. The monoisotopic (exact) mass is 189 g/mol. The molecule has 0 spiro atoms. The van der Waals surface area contributed by atoms with Crippen LogP contribution in [0.1, 0.15) is 38.2 Å². The molecule has 3 heteroatoms. The molecule has 0 N–H and O–H groups in total. The second kappa shape index (κ2) is 3.78. The summed E-state index contributed by atoms with van der Waals surface area (Å²) in [5.74, 6) is 0.605. The van der Waals surface area contributed by atoms with E-state index in [9.17, 15) is 0 Å². The lowest BCUT2D eigenvalue weighted by molar-refractivity contribution is 0.659. The van der Waals surface area contributed by atoms with Gasteiger partial charge in [-0.15, -0.1) is 0 Å². The number of aromatic nitrogens is 3. The first-order valence-corrected chi connectivity index (χ1v) is 5.10. The summed E-state index contributed by atoms with van der Waals surface area (Å²) in [6, 6.07) is 4.17. The highest BCUT2D eigenvalue weighted by molar-refractivity contribution is 5.38. The van der Waals surface area contributed by atoms with Crippen LogP contribution in [0.4, 0.5) is 0 Å². The van der Waals surface area contributed by atoms with Crippen molar-refractivity contribution >= 4 is 5.65 Å². The molecule has 3 nitrogen and oxygen atoms in total. The fourth-order valence-electron chi connectivity index (χ4n) is 1.72. The number of hydrogen-bond acceptors (Lipinski definition) is 2. The van der Waals surface area contributed by atoms with Crippen LogP contribution in [0.2, 0.25) is 0 Å². The zero-order valence-corrected chi connectivity index (χ0v) is 8.64. The Hall–Kier alpha value is -1.38. The average molecular weight is 189 g/mol. The minimum absolute atomic E-state index is 0.605. The second-order valence-corrected chi connectivity index (χ2v) is 3.71. The Morgan fingerprint density at radius 3 is 3.07 bits per heavy atom. The Morgan fingerprint density at radius 2 is 2.29 bits per heavy atom. The molecular formula is C11H15N3. The third-order valence-corrected chi connectivity index (χ3v) is 2.59. The molecule has 0 fully saturated rings. The topological polar surface area (TPSA) is 30.2 Å². The van der Waals surface area contributed by atoms with Gasteiger partial charge < -0.3 is 0 Å². The van der Waals surface area contributed by atoms with E-state index in [1.54, 1.807) is 6.33 Å². The molecule has 0 aromatic carbocycles. The molecule has 1 atom stereocenters. The van der Waals surface area contributed by atoms with Crippen molar-refractivity contribution in [3.05, 3.63) is 30.2 Å². The van der Waals surface area contributed by atoms with Gasteiger partial charge in [-0.2, -0.15) is 5.10 Å². The van der Waals surface area contributed by atoms with Crippen molar-refractivity contribution in [2.24, 2.45) is 0 Å². The Morgan fingerprint density at radius 1 is 1.43 bits per heavy atom. The molecule has 0 aliphatic heterocycles. The summed E-state index contributed by atoms with van der Waals surface area (Å²) in [6.45, 7) is 4.46. The predicted molar refractivity (Wildman–Crippen MR) is 56.3 cm³/mol. The fourth-order valence-corrected chi connectivity index (χ4v) is 1.72. The van der Waals surface area contributed by atoms with Crippen molar-refractivity contribution in [2.45, 2.75) is 32.6 Å². The maximum atomic E-state index is 4.13. The van der Waals surface area contributed by atoms with Crippen LogP contribution in [0.3, 0.4) is 0 Å². The Kier molecular flexibility index (Phi) is 2.48. The van der Waals surface area contributed by atoms with Crippen molar-refractivity contribution in [1.82, 2.24) is 14.6 Å². The molecule has 0 amide bonds. The van der Waals surface area contributed by atoms with Crippen LogP contribution in [-0.2, 0) is 0 Å². The first kappa shape index (κ1) is 9.19. The Labute approximate surface area is 83.8 Å². The Balaban J connectivity index is 2.33. The molecule has 2 aromatic heterocycles. The van der Waals surface area contributed by atoms with E-state index in [0.29, 0.717) is 5.92 Å². The number of pyridine rings is 1. The summed E-state index contributed by atoms with van der Waals surface area (Å²) in [6.07, 6.45) is 6.10. The summed E-state index contributed by atoms with van der Waals surface area (Å²) in [7, 11) is 0. The molecule has 0 aliphatic carbocycles. The first-order valence-electron chi connectivity index (χ1n) is 5.10. The van der Waals surface area contributed by atoms with E-state index in [0.717, 1.165) is 5.65 Å². The number of hydrogen-bond donors (Lipinski definition) is 0. The molecule has 0 saturated heterocycles. The van der Waals surface area contributed by atoms with E-state index in [1.165, 1.54) is 18.4 Å². The molecular weight excluding hydrogens is 174 g/mol. The van der Waals surface area contributed by atoms with Crippen molar-refractivity contribution < 1.29 is 0 Å². The van der Waals surface area contributed by atoms with Gasteiger partial charge in [0.05, 0.1) is 0 Å². The molecule has 0 aliphatic rings. The van der Waals surface area contributed by atoms with Gasteiger partial charge in [0.25, 0.3) is 0 Å². The third kappa shape index (κ3) is 1.62. The van der Waals surface area contributed by atoms with E-state index < -0.39 is 0 Å². The lowest BCUT2D eigenvalue weighted by Gasteiger charge is -2.09. The molecule has 14 heavy (non-hydrogen) atoms. The van der Waals surface area contributed by atoms with Gasteiger partial charge in [-0.3, -0.25) is 0 Å². The molecule has 0 bridgehead atoms. The molecule has 2 rings (SSSR count). The van der Waals surface area contributed by atoms with Gasteiger partial charge in [0, 0.05) is 6.20 Å². The van der Waals surface area contributed by atoms with Gasteiger partial charge in [0.15, 0.2) is 5.65 Å². The van der Waals surface area contributed by atoms with Gasteiger partial charge in [0.2, 0.25) is 0 Å². The summed E-state index contributed by atoms with van der Waals surface area (Å²) >= 11 is 0. The van der Waals surface area contributed by atoms with E-state index in [-0.39, 0.29) is 0 Å². The van der Waals surface area contributed by atoms with Crippen LogP contribution in [0.25, 0.3) is 5.65 Å². The number of fused-ring (bicyclic) bond motifs is 1. The molecule has 2 heterocycles. The van der Waals surface area contributed by atoms with Crippen molar-refractivity contribution in [3.8, 4) is 0 Å². The van der Waals surface area contributed by atoms with E-state index in [2.05, 4.69) is 36.2 Å². The smallest absolute Gasteiger partial charge is 0.155 e. The van der Waals surface area contributed by atoms with Crippen molar-refractivity contribution in [1.29, 1.82) is 0 Å². The molecule has 0 saturated carbocycles. The molecule has 2 aromatic rings. The highest BCUT2D eigenvalue weighted by Crippen LogP contribution is 2.20. The van der Waals surface area contributed by atoms with Crippen molar-refractivity contribution in [3.63, 3.8) is 0 Å². The zero-order chi connectivity index (χ0) is 9.97. The van der Waals surface area contributed by atoms with Gasteiger partial charge in [-0.25, -0.2) is 9.50 Å². The minimum Gasteiger partial charge on any atom is -0.221 e. The lowest BCUT2D eigenvalue weighted by Crippen LogP contribution is -1.96. The molecule has 1 unspecified atom stereocenters. The molecule has 0 radical (unpaired) electrons. The maximum Gasteiger partial charge on any atom is 0.155 e. The van der Waals surface area contributed by atoms with Gasteiger partial charge >= 0.3 is 0 Å². The number of nitrogens with zero attached hydrogens (tertiary/aromatic N) is 3. The second-order valence-electron chi connectivity index (χ2n) is 3.71. The summed E-state index contributed by atoms with van der Waals surface area (Å²) < 4.78 is 1.83.